The summed E-state index contributed by atoms with van der Waals surface area (Å²) in [7, 11) is 0. The lowest BCUT2D eigenvalue weighted by Crippen LogP contribution is -2.39. The Kier molecular flexibility index (Phi) is 5.25. The Morgan fingerprint density at radius 2 is 1.93 bits per heavy atom. The smallest absolute Gasteiger partial charge is 0.416 e. The molecule has 0 unspecified atom stereocenters. The van der Waals surface area contributed by atoms with Gasteiger partial charge >= 0.3 is 6.18 Å². The van der Waals surface area contributed by atoms with Gasteiger partial charge in [-0.15, -0.1) is 0 Å². The number of aromatic nitrogens is 1. The standard InChI is InChI=1S/C20H17F3N2O4/c21-20(22,23)14-4-1-12(2-5-14)19-25-16-9-13(3-6-17(16)29-19)18(26)24-10-15-11-27-7-8-28-15/h1-6,9,15H,7-8,10-11H2,(H,24,26)/t15-/m0/s1. The molecule has 29 heavy (non-hydrogen) atoms. The highest BCUT2D eigenvalue weighted by atomic mass is 19.4. The van der Waals surface area contributed by atoms with E-state index in [1.807, 2.05) is 0 Å². The fourth-order valence-electron chi connectivity index (χ4n) is 2.96. The van der Waals surface area contributed by atoms with Crippen LogP contribution in [0, 0.1) is 0 Å². The number of alkyl halides is 3. The second-order valence-electron chi connectivity index (χ2n) is 6.55. The highest BCUT2D eigenvalue weighted by molar-refractivity contribution is 5.97. The maximum atomic E-state index is 12.7. The molecule has 2 aromatic carbocycles. The number of ether oxygens (including phenoxy) is 2. The van der Waals surface area contributed by atoms with Gasteiger partial charge in [-0.2, -0.15) is 13.2 Å². The molecule has 1 aliphatic heterocycles. The zero-order chi connectivity index (χ0) is 20.4. The number of hydrogen-bond donors (Lipinski definition) is 1. The molecule has 6 nitrogen and oxygen atoms in total. The van der Waals surface area contributed by atoms with E-state index in [0.29, 0.717) is 48.6 Å². The second-order valence-corrected chi connectivity index (χ2v) is 6.55. The first kappa shape index (κ1) is 19.4. The van der Waals surface area contributed by atoms with Gasteiger partial charge in [-0.05, 0) is 42.5 Å². The number of hydrogen-bond acceptors (Lipinski definition) is 5. The molecule has 1 amide bonds. The van der Waals surface area contributed by atoms with E-state index >= 15 is 0 Å². The van der Waals surface area contributed by atoms with Crippen LogP contribution >= 0.6 is 0 Å². The molecule has 9 heteroatoms. The molecule has 1 atom stereocenters. The number of oxazole rings is 1. The molecule has 0 aliphatic carbocycles. The molecular formula is C20H17F3N2O4. The average molecular weight is 406 g/mol. The van der Waals surface area contributed by atoms with Gasteiger partial charge in [0.15, 0.2) is 5.58 Å². The molecule has 4 rings (SSSR count). The number of benzene rings is 2. The van der Waals surface area contributed by atoms with Crippen LogP contribution in [0.3, 0.4) is 0 Å². The van der Waals surface area contributed by atoms with Gasteiger partial charge in [-0.1, -0.05) is 0 Å². The quantitative estimate of drug-likeness (QED) is 0.716. The minimum absolute atomic E-state index is 0.180. The Bertz CT molecular complexity index is 1010. The summed E-state index contributed by atoms with van der Waals surface area (Å²) in [5, 5.41) is 2.78. The normalized spacial score (nSPS) is 17.4. The molecule has 0 bridgehead atoms. The first-order valence-electron chi connectivity index (χ1n) is 8.96. The van der Waals surface area contributed by atoms with Crippen molar-refractivity contribution in [1.82, 2.24) is 10.3 Å². The SMILES string of the molecule is O=C(NC[C@H]1COCCO1)c1ccc2oc(-c3ccc(C(F)(F)F)cc3)nc2c1. The number of rotatable bonds is 4. The summed E-state index contributed by atoms with van der Waals surface area (Å²) in [6.45, 7) is 1.80. The van der Waals surface area contributed by atoms with Crippen molar-refractivity contribution in [3.05, 3.63) is 53.6 Å². The Labute approximate surface area is 163 Å². The van der Waals surface area contributed by atoms with Crippen LogP contribution in [0.1, 0.15) is 15.9 Å². The van der Waals surface area contributed by atoms with Gasteiger partial charge in [0.25, 0.3) is 5.91 Å². The van der Waals surface area contributed by atoms with Crippen molar-refractivity contribution in [2.75, 3.05) is 26.4 Å². The molecule has 0 saturated carbocycles. The highest BCUT2D eigenvalue weighted by Crippen LogP contribution is 2.31. The molecule has 1 N–H and O–H groups in total. The average Bonchev–Trinajstić information content (AvgIpc) is 3.15. The number of carbonyl (C=O) groups is 1. The van der Waals surface area contributed by atoms with Gasteiger partial charge in [0.05, 0.1) is 31.5 Å². The fourth-order valence-corrected chi connectivity index (χ4v) is 2.96. The number of fused-ring (bicyclic) bond motifs is 1. The minimum Gasteiger partial charge on any atom is -0.436 e. The van der Waals surface area contributed by atoms with Crippen molar-refractivity contribution in [1.29, 1.82) is 0 Å². The highest BCUT2D eigenvalue weighted by Gasteiger charge is 2.30. The fraction of sp³-hybridized carbons (Fsp3) is 0.300. The zero-order valence-electron chi connectivity index (χ0n) is 15.2. The number of nitrogens with zero attached hydrogens (tertiary/aromatic N) is 1. The Morgan fingerprint density at radius 3 is 2.62 bits per heavy atom. The van der Waals surface area contributed by atoms with E-state index in [2.05, 4.69) is 10.3 Å². The van der Waals surface area contributed by atoms with Crippen LogP contribution in [0.2, 0.25) is 0 Å². The van der Waals surface area contributed by atoms with Crippen molar-refractivity contribution >= 4 is 17.0 Å². The Balaban J connectivity index is 1.49. The number of carbonyl (C=O) groups excluding carboxylic acids is 1. The van der Waals surface area contributed by atoms with Gasteiger partial charge in [0.2, 0.25) is 5.89 Å². The lowest BCUT2D eigenvalue weighted by atomic mass is 10.1. The molecule has 2 heterocycles. The minimum atomic E-state index is -4.41. The molecule has 3 aromatic rings. The monoisotopic (exact) mass is 406 g/mol. The van der Waals surface area contributed by atoms with Crippen molar-refractivity contribution in [2.24, 2.45) is 0 Å². The van der Waals surface area contributed by atoms with Crippen molar-refractivity contribution in [3.8, 4) is 11.5 Å². The molecule has 1 aromatic heterocycles. The number of amides is 1. The summed E-state index contributed by atoms with van der Waals surface area (Å²) in [5.41, 5.74) is 0.921. The van der Waals surface area contributed by atoms with E-state index in [-0.39, 0.29) is 17.9 Å². The third kappa shape index (κ3) is 4.41. The maximum Gasteiger partial charge on any atom is 0.416 e. The molecule has 1 saturated heterocycles. The molecule has 1 fully saturated rings. The van der Waals surface area contributed by atoms with Gasteiger partial charge in [-0.3, -0.25) is 4.79 Å². The van der Waals surface area contributed by atoms with E-state index in [1.54, 1.807) is 18.2 Å². The van der Waals surface area contributed by atoms with Crippen LogP contribution in [0.15, 0.2) is 46.9 Å². The number of halogens is 3. The summed E-state index contributed by atoms with van der Waals surface area (Å²) in [4.78, 5) is 16.7. The summed E-state index contributed by atoms with van der Waals surface area (Å²) in [5.74, 6) is -0.112. The van der Waals surface area contributed by atoms with Gasteiger partial charge in [0.1, 0.15) is 5.52 Å². The lowest BCUT2D eigenvalue weighted by Gasteiger charge is -2.23. The van der Waals surface area contributed by atoms with E-state index in [4.69, 9.17) is 13.9 Å². The van der Waals surface area contributed by atoms with E-state index in [9.17, 15) is 18.0 Å². The summed E-state index contributed by atoms with van der Waals surface area (Å²) in [6.07, 6.45) is -4.59. The van der Waals surface area contributed by atoms with Crippen LogP contribution in [0.5, 0.6) is 0 Å². The molecule has 1 aliphatic rings. The van der Waals surface area contributed by atoms with Crippen LogP contribution in [0.25, 0.3) is 22.6 Å². The van der Waals surface area contributed by atoms with Crippen LogP contribution in [-0.2, 0) is 15.7 Å². The topological polar surface area (TPSA) is 73.6 Å². The molecular weight excluding hydrogens is 389 g/mol. The maximum absolute atomic E-state index is 12.7. The third-order valence-electron chi connectivity index (χ3n) is 4.48. The molecule has 0 radical (unpaired) electrons. The first-order chi connectivity index (χ1) is 13.9. The lowest BCUT2D eigenvalue weighted by molar-refractivity contribution is -0.137. The zero-order valence-corrected chi connectivity index (χ0v) is 15.2. The Hall–Kier alpha value is -2.91. The summed E-state index contributed by atoms with van der Waals surface area (Å²) < 4.78 is 54.5. The predicted molar refractivity (Wildman–Crippen MR) is 97.3 cm³/mol. The Morgan fingerprint density at radius 1 is 1.14 bits per heavy atom. The van der Waals surface area contributed by atoms with Crippen LogP contribution in [-0.4, -0.2) is 43.4 Å². The first-order valence-corrected chi connectivity index (χ1v) is 8.96. The van der Waals surface area contributed by atoms with E-state index in [1.165, 1.54) is 12.1 Å². The van der Waals surface area contributed by atoms with E-state index in [0.717, 1.165) is 12.1 Å². The van der Waals surface area contributed by atoms with E-state index < -0.39 is 11.7 Å². The number of nitrogens with one attached hydrogen (secondary N) is 1. The van der Waals surface area contributed by atoms with Crippen LogP contribution < -0.4 is 5.32 Å². The predicted octanol–water partition coefficient (Wildman–Crippen LogP) is 3.66. The summed E-state index contributed by atoms with van der Waals surface area (Å²) >= 11 is 0. The summed E-state index contributed by atoms with van der Waals surface area (Å²) in [6, 6.07) is 9.31. The van der Waals surface area contributed by atoms with Crippen LogP contribution in [0.4, 0.5) is 13.2 Å². The second kappa shape index (κ2) is 7.84. The third-order valence-corrected chi connectivity index (χ3v) is 4.48. The van der Waals surface area contributed by atoms with Crippen molar-refractivity contribution in [2.45, 2.75) is 12.3 Å². The van der Waals surface area contributed by atoms with Crippen molar-refractivity contribution < 1.29 is 31.9 Å². The van der Waals surface area contributed by atoms with Gasteiger partial charge in [0, 0.05) is 17.7 Å². The largest absolute Gasteiger partial charge is 0.436 e. The van der Waals surface area contributed by atoms with Gasteiger partial charge in [-0.25, -0.2) is 4.98 Å². The molecule has 0 spiro atoms. The van der Waals surface area contributed by atoms with Gasteiger partial charge < -0.3 is 19.2 Å². The van der Waals surface area contributed by atoms with Crippen molar-refractivity contribution in [3.63, 3.8) is 0 Å². The molecule has 152 valence electrons.